The highest BCUT2D eigenvalue weighted by Gasteiger charge is 2.44. The van der Waals surface area contributed by atoms with Crippen LogP contribution in [0.5, 0.6) is 0 Å². The Bertz CT molecular complexity index is 325. The molecule has 3 heterocycles. The van der Waals surface area contributed by atoms with E-state index in [1.165, 1.54) is 32.4 Å². The fraction of sp³-hybridized carbons (Fsp3) is 1.00. The van der Waals surface area contributed by atoms with Gasteiger partial charge in [-0.25, -0.2) is 0 Å². The zero-order valence-electron chi connectivity index (χ0n) is 12.5. The van der Waals surface area contributed by atoms with Gasteiger partial charge in [-0.15, -0.1) is 0 Å². The monoisotopic (exact) mass is 267 g/mol. The van der Waals surface area contributed by atoms with E-state index >= 15 is 0 Å². The van der Waals surface area contributed by atoms with Crippen molar-refractivity contribution in [3.05, 3.63) is 0 Å². The van der Waals surface area contributed by atoms with Gasteiger partial charge in [-0.1, -0.05) is 0 Å². The van der Waals surface area contributed by atoms with Crippen LogP contribution in [0, 0.1) is 0 Å². The number of nitrogens with zero attached hydrogens (tertiary/aromatic N) is 2. The molecule has 2 N–H and O–H groups in total. The normalized spacial score (nSPS) is 45.3. The van der Waals surface area contributed by atoms with E-state index in [2.05, 4.69) is 23.8 Å². The van der Waals surface area contributed by atoms with E-state index in [0.29, 0.717) is 6.10 Å². The lowest BCUT2D eigenvalue weighted by molar-refractivity contribution is -0.0656. The number of hydrogen-bond acceptors (Lipinski definition) is 4. The molecule has 4 heteroatoms. The van der Waals surface area contributed by atoms with E-state index in [0.717, 1.165) is 38.1 Å². The van der Waals surface area contributed by atoms with Crippen molar-refractivity contribution in [3.8, 4) is 0 Å². The van der Waals surface area contributed by atoms with E-state index in [4.69, 9.17) is 10.5 Å². The van der Waals surface area contributed by atoms with Gasteiger partial charge in [0.15, 0.2) is 0 Å². The van der Waals surface area contributed by atoms with Crippen molar-refractivity contribution in [2.24, 2.45) is 5.73 Å². The minimum atomic E-state index is 0.197. The molecule has 0 spiro atoms. The number of hydrogen-bond donors (Lipinski definition) is 1. The van der Waals surface area contributed by atoms with E-state index in [-0.39, 0.29) is 5.54 Å². The Labute approximate surface area is 117 Å². The number of fused-ring (bicyclic) bond motifs is 2. The molecule has 0 aliphatic carbocycles. The predicted molar refractivity (Wildman–Crippen MR) is 77.2 cm³/mol. The van der Waals surface area contributed by atoms with Crippen LogP contribution in [0.2, 0.25) is 0 Å². The maximum Gasteiger partial charge on any atom is 0.0565 e. The van der Waals surface area contributed by atoms with Crippen LogP contribution in [0.15, 0.2) is 0 Å². The Balaban J connectivity index is 1.76. The van der Waals surface area contributed by atoms with Crippen molar-refractivity contribution in [1.29, 1.82) is 0 Å². The first-order valence-corrected chi connectivity index (χ1v) is 7.93. The largest absolute Gasteiger partial charge is 0.378 e. The van der Waals surface area contributed by atoms with Crippen LogP contribution in [0.25, 0.3) is 0 Å². The Hall–Kier alpha value is -0.160. The van der Waals surface area contributed by atoms with Crippen LogP contribution >= 0.6 is 0 Å². The first-order valence-electron chi connectivity index (χ1n) is 7.93. The highest BCUT2D eigenvalue weighted by atomic mass is 16.5. The van der Waals surface area contributed by atoms with Crippen molar-refractivity contribution < 1.29 is 4.74 Å². The first kappa shape index (κ1) is 13.8. The van der Waals surface area contributed by atoms with Crippen molar-refractivity contribution in [3.63, 3.8) is 0 Å². The molecule has 19 heavy (non-hydrogen) atoms. The summed E-state index contributed by atoms with van der Waals surface area (Å²) in [4.78, 5) is 5.33. The number of ether oxygens (including phenoxy) is 1. The standard InChI is InChI=1S/C15H29N3O/c1-12-9-15(11-16,6-8-19-12)18-7-5-13-3-4-14(10-18)17(13)2/h12-14H,3-11,16H2,1-2H3. The highest BCUT2D eigenvalue weighted by Crippen LogP contribution is 2.36. The molecule has 3 saturated heterocycles. The molecule has 3 rings (SSSR count). The van der Waals surface area contributed by atoms with Crippen molar-refractivity contribution in [1.82, 2.24) is 9.80 Å². The van der Waals surface area contributed by atoms with Crippen LogP contribution in [0.4, 0.5) is 0 Å². The fourth-order valence-electron chi connectivity index (χ4n) is 4.49. The summed E-state index contributed by atoms with van der Waals surface area (Å²) in [6, 6.07) is 1.55. The molecule has 110 valence electrons. The molecule has 0 aromatic carbocycles. The maximum absolute atomic E-state index is 6.20. The van der Waals surface area contributed by atoms with Crippen LogP contribution in [-0.4, -0.2) is 66.8 Å². The van der Waals surface area contributed by atoms with Crippen LogP contribution in [-0.2, 0) is 4.74 Å². The molecule has 0 amide bonds. The quantitative estimate of drug-likeness (QED) is 0.812. The maximum atomic E-state index is 6.20. The van der Waals surface area contributed by atoms with Crippen molar-refractivity contribution in [2.45, 2.75) is 62.8 Å². The summed E-state index contributed by atoms with van der Waals surface area (Å²) < 4.78 is 5.75. The van der Waals surface area contributed by atoms with E-state index in [9.17, 15) is 0 Å². The molecular formula is C15H29N3O. The van der Waals surface area contributed by atoms with Gasteiger partial charge in [-0.3, -0.25) is 9.80 Å². The average Bonchev–Trinajstić information content (AvgIpc) is 2.63. The molecule has 4 unspecified atom stereocenters. The molecule has 0 aromatic rings. The molecule has 0 saturated carbocycles. The van der Waals surface area contributed by atoms with Gasteiger partial charge in [0.2, 0.25) is 0 Å². The third-order valence-electron chi connectivity index (χ3n) is 5.84. The van der Waals surface area contributed by atoms with Crippen molar-refractivity contribution in [2.75, 3.05) is 33.3 Å². The molecule has 0 radical (unpaired) electrons. The minimum absolute atomic E-state index is 0.197. The van der Waals surface area contributed by atoms with Crippen molar-refractivity contribution >= 4 is 0 Å². The fourth-order valence-corrected chi connectivity index (χ4v) is 4.49. The second-order valence-electron chi connectivity index (χ2n) is 6.85. The zero-order chi connectivity index (χ0) is 13.5. The lowest BCUT2D eigenvalue weighted by Gasteiger charge is -2.48. The lowest BCUT2D eigenvalue weighted by atomic mass is 9.84. The van der Waals surface area contributed by atoms with Crippen LogP contribution in [0.3, 0.4) is 0 Å². The minimum Gasteiger partial charge on any atom is -0.378 e. The average molecular weight is 267 g/mol. The second-order valence-corrected chi connectivity index (χ2v) is 6.85. The molecule has 2 bridgehead atoms. The highest BCUT2D eigenvalue weighted by molar-refractivity contribution is 5.01. The summed E-state index contributed by atoms with van der Waals surface area (Å²) in [6.07, 6.45) is 6.63. The molecular weight excluding hydrogens is 238 g/mol. The van der Waals surface area contributed by atoms with Gasteiger partial charge in [-0.2, -0.15) is 0 Å². The van der Waals surface area contributed by atoms with Crippen LogP contribution in [0.1, 0.15) is 39.0 Å². The molecule has 3 fully saturated rings. The third-order valence-corrected chi connectivity index (χ3v) is 5.84. The van der Waals surface area contributed by atoms with Gasteiger partial charge in [0, 0.05) is 43.9 Å². The zero-order valence-corrected chi connectivity index (χ0v) is 12.5. The molecule has 0 aromatic heterocycles. The predicted octanol–water partition coefficient (Wildman–Crippen LogP) is 1.05. The number of nitrogens with two attached hydrogens (primary N) is 1. The van der Waals surface area contributed by atoms with Gasteiger partial charge in [0.25, 0.3) is 0 Å². The van der Waals surface area contributed by atoms with Gasteiger partial charge < -0.3 is 10.5 Å². The molecule has 4 nitrogen and oxygen atoms in total. The Morgan fingerprint density at radius 3 is 2.79 bits per heavy atom. The van der Waals surface area contributed by atoms with Gasteiger partial charge >= 0.3 is 0 Å². The van der Waals surface area contributed by atoms with Crippen LogP contribution < -0.4 is 5.73 Å². The summed E-state index contributed by atoms with van der Waals surface area (Å²) >= 11 is 0. The lowest BCUT2D eigenvalue weighted by Crippen LogP contribution is -2.60. The molecule has 4 atom stereocenters. The van der Waals surface area contributed by atoms with E-state index in [1.807, 2.05) is 0 Å². The molecule has 3 aliphatic heterocycles. The summed E-state index contributed by atoms with van der Waals surface area (Å²) in [6.45, 7) is 6.27. The SMILES string of the molecule is CC1CC(CN)(N2CCC3CCC(C2)N3C)CCO1. The molecule has 3 aliphatic rings. The summed E-state index contributed by atoms with van der Waals surface area (Å²) in [7, 11) is 2.31. The second kappa shape index (κ2) is 5.32. The van der Waals surface area contributed by atoms with Gasteiger partial charge in [0.1, 0.15) is 0 Å². The Morgan fingerprint density at radius 2 is 2.05 bits per heavy atom. The Morgan fingerprint density at radius 1 is 1.26 bits per heavy atom. The summed E-state index contributed by atoms with van der Waals surface area (Å²) in [5.74, 6) is 0. The summed E-state index contributed by atoms with van der Waals surface area (Å²) in [5, 5.41) is 0. The first-order chi connectivity index (χ1) is 9.14. The van der Waals surface area contributed by atoms with Gasteiger partial charge in [0.05, 0.1) is 6.10 Å². The number of likely N-dealkylation sites (N-methyl/N-ethyl adjacent to an activating group) is 1. The topological polar surface area (TPSA) is 41.7 Å². The Kier molecular flexibility index (Phi) is 3.87. The van der Waals surface area contributed by atoms with E-state index in [1.54, 1.807) is 0 Å². The number of rotatable bonds is 2. The summed E-state index contributed by atoms with van der Waals surface area (Å²) in [5.41, 5.74) is 6.40. The smallest absolute Gasteiger partial charge is 0.0565 e. The number of likely N-dealkylation sites (tertiary alicyclic amines) is 1. The van der Waals surface area contributed by atoms with Gasteiger partial charge in [-0.05, 0) is 46.1 Å². The third kappa shape index (κ3) is 2.44. The van der Waals surface area contributed by atoms with E-state index < -0.39 is 0 Å².